The third-order valence-corrected chi connectivity index (χ3v) is 1.58. The molecular formula is C12H19NO3. The van der Waals surface area contributed by atoms with Crippen molar-refractivity contribution >= 4 is 5.91 Å². The van der Waals surface area contributed by atoms with Crippen molar-refractivity contribution in [3.63, 3.8) is 0 Å². The first kappa shape index (κ1) is 14.5. The van der Waals surface area contributed by atoms with Crippen molar-refractivity contribution in [1.29, 1.82) is 0 Å². The second-order valence-corrected chi connectivity index (χ2v) is 3.02. The van der Waals surface area contributed by atoms with Crippen LogP contribution >= 0.6 is 0 Å². The van der Waals surface area contributed by atoms with Gasteiger partial charge in [0.2, 0.25) is 5.91 Å². The summed E-state index contributed by atoms with van der Waals surface area (Å²) in [5.41, 5.74) is 0. The number of hydrogen-bond donors (Lipinski definition) is 2. The molecule has 0 aliphatic carbocycles. The molecular weight excluding hydrogens is 206 g/mol. The maximum atomic E-state index is 10.2. The summed E-state index contributed by atoms with van der Waals surface area (Å²) in [7, 11) is 0. The lowest BCUT2D eigenvalue weighted by atomic mass is 10.3. The smallest absolute Gasteiger partial charge is 0.216 e. The Morgan fingerprint density at radius 1 is 1.38 bits per heavy atom. The largest absolute Gasteiger partial charge is 0.508 e. The van der Waals surface area contributed by atoms with Gasteiger partial charge in [-0.25, -0.2) is 0 Å². The normalized spacial score (nSPS) is 8.88. The van der Waals surface area contributed by atoms with Gasteiger partial charge in [0, 0.05) is 20.1 Å². The number of ether oxygens (including phenoxy) is 1. The molecule has 1 aromatic rings. The summed E-state index contributed by atoms with van der Waals surface area (Å²) in [5.74, 6) is 0.317. The van der Waals surface area contributed by atoms with Crippen LogP contribution in [0.25, 0.3) is 0 Å². The molecule has 0 radical (unpaired) electrons. The van der Waals surface area contributed by atoms with Crippen molar-refractivity contribution in [2.75, 3.05) is 19.8 Å². The van der Waals surface area contributed by atoms with Gasteiger partial charge in [-0.15, -0.1) is 0 Å². The van der Waals surface area contributed by atoms with Crippen LogP contribution in [0.3, 0.4) is 0 Å². The minimum absolute atomic E-state index is 0.00490. The molecule has 1 amide bonds. The third-order valence-electron chi connectivity index (χ3n) is 1.58. The highest BCUT2D eigenvalue weighted by atomic mass is 16.5. The van der Waals surface area contributed by atoms with E-state index in [1.165, 1.54) is 6.92 Å². The molecule has 0 saturated heterocycles. The van der Waals surface area contributed by atoms with Crippen LogP contribution < -0.4 is 5.32 Å². The Balaban J connectivity index is 0.000000288. The molecule has 0 aliphatic heterocycles. The Morgan fingerprint density at radius 3 is 2.38 bits per heavy atom. The van der Waals surface area contributed by atoms with E-state index in [9.17, 15) is 4.79 Å². The summed E-state index contributed by atoms with van der Waals surface area (Å²) in [6.45, 7) is 5.35. The van der Waals surface area contributed by atoms with Gasteiger partial charge in [-0.2, -0.15) is 0 Å². The number of rotatable bonds is 4. The standard InChI is InChI=1S/C6H13NO2.C6H6O/c1-3-9-5-4-7-6(2)8;7-6-4-2-1-3-5-6/h3-5H2,1-2H3,(H,7,8);1-5,7H. The molecule has 0 fully saturated rings. The average Bonchev–Trinajstić information content (AvgIpc) is 2.26. The van der Waals surface area contributed by atoms with E-state index in [0.717, 1.165) is 0 Å². The Morgan fingerprint density at radius 2 is 2.00 bits per heavy atom. The van der Waals surface area contributed by atoms with E-state index in [2.05, 4.69) is 5.32 Å². The number of benzene rings is 1. The van der Waals surface area contributed by atoms with Crippen LogP contribution in [0.5, 0.6) is 5.75 Å². The van der Waals surface area contributed by atoms with Crippen LogP contribution in [0.1, 0.15) is 13.8 Å². The Labute approximate surface area is 96.2 Å². The lowest BCUT2D eigenvalue weighted by molar-refractivity contribution is -0.119. The van der Waals surface area contributed by atoms with Crippen molar-refractivity contribution < 1.29 is 14.6 Å². The first-order valence-corrected chi connectivity index (χ1v) is 5.23. The maximum Gasteiger partial charge on any atom is 0.216 e. The van der Waals surface area contributed by atoms with Crippen LogP contribution in [0.15, 0.2) is 30.3 Å². The molecule has 0 bridgehead atoms. The number of nitrogens with one attached hydrogen (secondary N) is 1. The molecule has 0 saturated carbocycles. The van der Waals surface area contributed by atoms with Crippen LogP contribution in [-0.4, -0.2) is 30.8 Å². The fourth-order valence-corrected chi connectivity index (χ4v) is 0.872. The molecule has 4 heteroatoms. The minimum Gasteiger partial charge on any atom is -0.508 e. The maximum absolute atomic E-state index is 10.2. The second kappa shape index (κ2) is 9.98. The Bertz CT molecular complexity index is 275. The highest BCUT2D eigenvalue weighted by Gasteiger charge is 1.87. The predicted molar refractivity (Wildman–Crippen MR) is 63.3 cm³/mol. The van der Waals surface area contributed by atoms with E-state index in [1.807, 2.05) is 13.0 Å². The third kappa shape index (κ3) is 10.5. The van der Waals surface area contributed by atoms with Crippen LogP contribution in [0.2, 0.25) is 0 Å². The second-order valence-electron chi connectivity index (χ2n) is 3.02. The first-order valence-electron chi connectivity index (χ1n) is 5.23. The molecule has 0 aliphatic rings. The highest BCUT2D eigenvalue weighted by molar-refractivity contribution is 5.72. The van der Waals surface area contributed by atoms with Gasteiger partial charge in [-0.1, -0.05) is 18.2 Å². The summed E-state index contributed by atoms with van der Waals surface area (Å²) in [6, 6.07) is 8.71. The van der Waals surface area contributed by atoms with E-state index in [0.29, 0.717) is 25.5 Å². The van der Waals surface area contributed by atoms with E-state index < -0.39 is 0 Å². The van der Waals surface area contributed by atoms with Gasteiger partial charge >= 0.3 is 0 Å². The Kier molecular flexibility index (Phi) is 9.02. The SMILES string of the molecule is CCOCCNC(C)=O.Oc1ccccc1. The van der Waals surface area contributed by atoms with Crippen molar-refractivity contribution in [2.24, 2.45) is 0 Å². The summed E-state index contributed by atoms with van der Waals surface area (Å²) in [6.07, 6.45) is 0. The molecule has 2 N–H and O–H groups in total. The first-order chi connectivity index (χ1) is 7.66. The fraction of sp³-hybridized carbons (Fsp3) is 0.417. The van der Waals surface area contributed by atoms with Crippen molar-refractivity contribution in [3.8, 4) is 5.75 Å². The number of amides is 1. The fourth-order valence-electron chi connectivity index (χ4n) is 0.872. The van der Waals surface area contributed by atoms with Gasteiger partial charge in [-0.3, -0.25) is 4.79 Å². The van der Waals surface area contributed by atoms with Crippen LogP contribution in [0, 0.1) is 0 Å². The molecule has 0 atom stereocenters. The minimum atomic E-state index is -0.00490. The Hall–Kier alpha value is -1.55. The molecule has 0 spiro atoms. The van der Waals surface area contributed by atoms with Gasteiger partial charge < -0.3 is 15.2 Å². The topological polar surface area (TPSA) is 58.6 Å². The lowest BCUT2D eigenvalue weighted by Crippen LogP contribution is -2.24. The van der Waals surface area contributed by atoms with Gasteiger partial charge in [0.15, 0.2) is 0 Å². The summed E-state index contributed by atoms with van der Waals surface area (Å²) < 4.78 is 4.97. The van der Waals surface area contributed by atoms with Gasteiger partial charge in [-0.05, 0) is 19.1 Å². The zero-order valence-electron chi connectivity index (χ0n) is 9.77. The van der Waals surface area contributed by atoms with E-state index in [1.54, 1.807) is 24.3 Å². The number of hydrogen-bond acceptors (Lipinski definition) is 3. The number of phenolic OH excluding ortho intramolecular Hbond substituents is 1. The predicted octanol–water partition coefficient (Wildman–Crippen LogP) is 1.55. The summed E-state index contributed by atoms with van der Waals surface area (Å²) in [5, 5.41) is 11.2. The quantitative estimate of drug-likeness (QED) is 0.764. The molecule has 0 unspecified atom stereocenters. The number of para-hydroxylation sites is 1. The van der Waals surface area contributed by atoms with Crippen LogP contribution in [-0.2, 0) is 9.53 Å². The molecule has 16 heavy (non-hydrogen) atoms. The van der Waals surface area contributed by atoms with Crippen molar-refractivity contribution in [2.45, 2.75) is 13.8 Å². The zero-order valence-corrected chi connectivity index (χ0v) is 9.77. The van der Waals surface area contributed by atoms with Crippen LogP contribution in [0.4, 0.5) is 0 Å². The zero-order chi connectivity index (χ0) is 12.2. The summed E-state index contributed by atoms with van der Waals surface area (Å²) >= 11 is 0. The lowest BCUT2D eigenvalue weighted by Gasteiger charge is -2.00. The van der Waals surface area contributed by atoms with Gasteiger partial charge in [0.25, 0.3) is 0 Å². The number of aromatic hydroxyl groups is 1. The monoisotopic (exact) mass is 225 g/mol. The van der Waals surface area contributed by atoms with Gasteiger partial charge in [0.05, 0.1) is 6.61 Å². The summed E-state index contributed by atoms with van der Waals surface area (Å²) in [4.78, 5) is 10.2. The van der Waals surface area contributed by atoms with Crippen molar-refractivity contribution in [1.82, 2.24) is 5.32 Å². The van der Waals surface area contributed by atoms with Crippen molar-refractivity contribution in [3.05, 3.63) is 30.3 Å². The molecule has 0 aromatic heterocycles. The molecule has 1 aromatic carbocycles. The number of carbonyl (C=O) groups is 1. The molecule has 0 heterocycles. The van der Waals surface area contributed by atoms with E-state index in [-0.39, 0.29) is 5.91 Å². The number of carbonyl (C=O) groups excluding carboxylic acids is 1. The van der Waals surface area contributed by atoms with E-state index in [4.69, 9.17) is 9.84 Å². The average molecular weight is 225 g/mol. The molecule has 1 rings (SSSR count). The van der Waals surface area contributed by atoms with Gasteiger partial charge in [0.1, 0.15) is 5.75 Å². The molecule has 4 nitrogen and oxygen atoms in total. The number of phenols is 1. The highest BCUT2D eigenvalue weighted by Crippen LogP contribution is 2.02. The van der Waals surface area contributed by atoms with E-state index >= 15 is 0 Å². The molecule has 90 valence electrons.